The van der Waals surface area contributed by atoms with E-state index >= 15 is 4.79 Å². The van der Waals surface area contributed by atoms with Crippen molar-refractivity contribution < 1.29 is 33.8 Å². The predicted octanol–water partition coefficient (Wildman–Crippen LogP) is 3.67. The Morgan fingerprint density at radius 3 is 2.21 bits per heavy atom. The van der Waals surface area contributed by atoms with Crippen molar-refractivity contribution in [2.24, 2.45) is 5.92 Å². The Bertz CT molecular complexity index is 2390. The Morgan fingerprint density at radius 2 is 1.55 bits per heavy atom. The van der Waals surface area contributed by atoms with E-state index in [9.17, 15) is 19.5 Å². The smallest absolute Gasteiger partial charge is 0.264 e. The van der Waals surface area contributed by atoms with Crippen molar-refractivity contribution in [2.45, 2.75) is 69.2 Å². The summed E-state index contributed by atoms with van der Waals surface area (Å²) in [6.45, 7) is 9.98. The van der Waals surface area contributed by atoms with Gasteiger partial charge in [-0.2, -0.15) is 0 Å². The lowest BCUT2D eigenvalue weighted by Crippen LogP contribution is -2.52. The first-order valence-electron chi connectivity index (χ1n) is 21.8. The topological polar surface area (TPSA) is 144 Å². The average Bonchev–Trinajstić information content (AvgIpc) is 3.71. The summed E-state index contributed by atoms with van der Waals surface area (Å²) < 4.78 is 13.0. The third-order valence-corrected chi connectivity index (χ3v) is 18.5. The second-order valence-corrected chi connectivity index (χ2v) is 22.6. The van der Waals surface area contributed by atoms with E-state index in [1.807, 2.05) is 72.8 Å². The molecule has 5 aliphatic heterocycles. The fourth-order valence-corrected chi connectivity index (χ4v) is 14.9. The quantitative estimate of drug-likeness (QED) is 0.204. The second kappa shape index (κ2) is 16.7. The molecular formula is C48H56N6O7Si. The number of aliphatic hydroxyl groups excluding tert-OH is 1. The zero-order valence-corrected chi connectivity index (χ0v) is 36.9. The van der Waals surface area contributed by atoms with Gasteiger partial charge in [0.15, 0.2) is 5.60 Å². The van der Waals surface area contributed by atoms with Gasteiger partial charge in [0.25, 0.3) is 5.91 Å². The van der Waals surface area contributed by atoms with Crippen molar-refractivity contribution in [1.29, 1.82) is 0 Å². The minimum atomic E-state index is -2.62. The molecular weight excluding hydrogens is 801 g/mol. The van der Waals surface area contributed by atoms with Gasteiger partial charge < -0.3 is 44.8 Å². The number of hydrogen-bond acceptors (Lipinski definition) is 9. The fourth-order valence-electron chi connectivity index (χ4n) is 10.9. The lowest BCUT2D eigenvalue weighted by atomic mass is 9.82. The second-order valence-electron chi connectivity index (χ2n) is 17.9. The molecule has 324 valence electrons. The van der Waals surface area contributed by atoms with Crippen LogP contribution in [0.3, 0.4) is 0 Å². The standard InChI is InChI=1S/C48H56N6O7Si/c1-31-46(62(3,4)39-15-13-38(60-2)14-16-39)42(25-43(56)53-29-34-10-6-5-9-33(34)23-37(53)30-55)61-48(31)40-24-36(52-21-19-50-27-45(52)58)12-17-41(40)54(47(48)59)28-32-8-7-11-35(22-32)51-20-18-49-26-44(51)57/h5-17,22,24,31,37,42,46,49-50,55H,18-21,23,25-30H2,1-4H3/t31-,37-,42+,46-,48+/m0/s1. The number of benzene rings is 4. The van der Waals surface area contributed by atoms with Crippen LogP contribution in [0, 0.1) is 5.92 Å². The third-order valence-electron chi connectivity index (χ3n) is 14.1. The number of methoxy groups -OCH3 is 1. The van der Waals surface area contributed by atoms with E-state index in [2.05, 4.69) is 48.9 Å². The molecule has 0 radical (unpaired) electrons. The van der Waals surface area contributed by atoms with E-state index in [0.29, 0.717) is 56.1 Å². The SMILES string of the molecule is COc1ccc([Si](C)(C)[C@@H]2[C@@H](CC(=O)N3Cc4ccccc4C[C@H]3CO)O[C@]3(C(=O)N(Cc4cccc(N5CCNCC5=O)c4)c4ccc(N5CCNCC5=O)cc43)[C@H]2C)cc1. The van der Waals surface area contributed by atoms with Gasteiger partial charge in [-0.1, -0.05) is 73.7 Å². The molecule has 4 amide bonds. The molecule has 0 saturated carbocycles. The molecule has 14 heteroatoms. The van der Waals surface area contributed by atoms with Crippen LogP contribution in [0.5, 0.6) is 5.75 Å². The summed E-state index contributed by atoms with van der Waals surface area (Å²) in [5.74, 6) is -0.0514. The van der Waals surface area contributed by atoms with E-state index in [4.69, 9.17) is 9.47 Å². The minimum absolute atomic E-state index is 0.00698. The number of nitrogens with one attached hydrogen (secondary N) is 2. The summed E-state index contributed by atoms with van der Waals surface area (Å²) in [6, 6.07) is 29.4. The highest BCUT2D eigenvalue weighted by Gasteiger charge is 2.66. The first kappa shape index (κ1) is 41.9. The highest BCUT2D eigenvalue weighted by Crippen LogP contribution is 2.60. The van der Waals surface area contributed by atoms with Crippen LogP contribution in [0.4, 0.5) is 17.1 Å². The first-order chi connectivity index (χ1) is 29.9. The largest absolute Gasteiger partial charge is 0.497 e. The Labute approximate surface area is 364 Å². The van der Waals surface area contributed by atoms with Crippen LogP contribution in [0.1, 0.15) is 35.6 Å². The van der Waals surface area contributed by atoms with E-state index in [-0.39, 0.29) is 67.9 Å². The molecule has 1 spiro atoms. The van der Waals surface area contributed by atoms with Crippen molar-refractivity contribution in [1.82, 2.24) is 15.5 Å². The molecule has 3 N–H and O–H groups in total. The van der Waals surface area contributed by atoms with Crippen molar-refractivity contribution in [3.63, 3.8) is 0 Å². The maximum absolute atomic E-state index is 15.8. The number of carbonyl (C=O) groups excluding carboxylic acids is 4. The molecule has 62 heavy (non-hydrogen) atoms. The van der Waals surface area contributed by atoms with Gasteiger partial charge in [0.1, 0.15) is 5.75 Å². The summed E-state index contributed by atoms with van der Waals surface area (Å²) in [4.78, 5) is 63.9. The summed E-state index contributed by atoms with van der Waals surface area (Å²) in [5, 5.41) is 18.0. The summed E-state index contributed by atoms with van der Waals surface area (Å²) >= 11 is 0. The third kappa shape index (κ3) is 7.21. The molecule has 0 bridgehead atoms. The molecule has 5 aliphatic rings. The number of amides is 4. The normalized spacial score (nSPS) is 25.1. The Balaban J connectivity index is 1.14. The average molecular weight is 857 g/mol. The van der Waals surface area contributed by atoms with Gasteiger partial charge in [0.2, 0.25) is 17.7 Å². The van der Waals surface area contributed by atoms with Gasteiger partial charge in [-0.05, 0) is 71.1 Å². The fraction of sp³-hybridized carbons (Fsp3) is 0.417. The summed E-state index contributed by atoms with van der Waals surface area (Å²) in [6.07, 6.45) is -0.0690. The summed E-state index contributed by atoms with van der Waals surface area (Å²) in [7, 11) is -0.980. The van der Waals surface area contributed by atoms with Crippen LogP contribution < -0.4 is 35.3 Å². The van der Waals surface area contributed by atoms with Crippen molar-refractivity contribution in [3.05, 3.63) is 113 Å². The van der Waals surface area contributed by atoms with Crippen molar-refractivity contribution in [2.75, 3.05) is 67.7 Å². The van der Waals surface area contributed by atoms with E-state index < -0.39 is 25.7 Å². The van der Waals surface area contributed by atoms with Crippen molar-refractivity contribution in [3.8, 4) is 5.75 Å². The van der Waals surface area contributed by atoms with Gasteiger partial charge >= 0.3 is 0 Å². The first-order valence-corrected chi connectivity index (χ1v) is 24.9. The zero-order chi connectivity index (χ0) is 43.3. The molecule has 9 rings (SSSR count). The number of aliphatic hydroxyl groups is 1. The predicted molar refractivity (Wildman–Crippen MR) is 240 cm³/mol. The lowest BCUT2D eigenvalue weighted by molar-refractivity contribution is -0.151. The highest BCUT2D eigenvalue weighted by molar-refractivity contribution is 6.91. The molecule has 4 aromatic carbocycles. The molecule has 0 unspecified atom stereocenters. The van der Waals surface area contributed by atoms with Crippen LogP contribution in [-0.2, 0) is 49.0 Å². The lowest BCUT2D eigenvalue weighted by Gasteiger charge is -2.39. The maximum Gasteiger partial charge on any atom is 0.264 e. The molecule has 5 heterocycles. The number of piperazine rings is 2. The minimum Gasteiger partial charge on any atom is -0.497 e. The zero-order valence-electron chi connectivity index (χ0n) is 35.9. The number of carbonyl (C=O) groups is 4. The molecule has 3 saturated heterocycles. The maximum atomic E-state index is 15.8. The monoisotopic (exact) mass is 856 g/mol. The summed E-state index contributed by atoms with van der Waals surface area (Å²) in [5.41, 5.74) is 4.20. The Kier molecular flexibility index (Phi) is 11.3. The number of hydrogen-bond donors (Lipinski definition) is 3. The number of anilines is 3. The van der Waals surface area contributed by atoms with Crippen LogP contribution in [-0.4, -0.2) is 107 Å². The van der Waals surface area contributed by atoms with Gasteiger partial charge in [-0.3, -0.25) is 19.2 Å². The van der Waals surface area contributed by atoms with Crippen LogP contribution in [0.15, 0.2) is 91.0 Å². The molecule has 0 aliphatic carbocycles. The molecule has 4 aromatic rings. The number of ether oxygens (including phenoxy) is 2. The van der Waals surface area contributed by atoms with E-state index in [1.54, 1.807) is 26.7 Å². The van der Waals surface area contributed by atoms with Gasteiger partial charge in [0.05, 0.1) is 65.7 Å². The highest BCUT2D eigenvalue weighted by atomic mass is 28.3. The number of nitrogens with zero attached hydrogens (tertiary/aromatic N) is 4. The molecule has 5 atom stereocenters. The van der Waals surface area contributed by atoms with Crippen LogP contribution >= 0.6 is 0 Å². The number of fused-ring (bicyclic) bond motifs is 3. The van der Waals surface area contributed by atoms with Crippen LogP contribution in [0.2, 0.25) is 18.6 Å². The van der Waals surface area contributed by atoms with Crippen LogP contribution in [0.25, 0.3) is 0 Å². The number of rotatable bonds is 10. The molecule has 0 aromatic heterocycles. The molecule has 13 nitrogen and oxygen atoms in total. The van der Waals surface area contributed by atoms with E-state index in [1.165, 1.54) is 0 Å². The van der Waals surface area contributed by atoms with Gasteiger partial charge in [-0.25, -0.2) is 0 Å². The van der Waals surface area contributed by atoms with Gasteiger partial charge in [-0.15, -0.1) is 0 Å². The van der Waals surface area contributed by atoms with Crippen molar-refractivity contribution >= 4 is 54.0 Å². The van der Waals surface area contributed by atoms with E-state index in [0.717, 1.165) is 33.3 Å². The Hall–Kier alpha value is -5.38. The Morgan fingerprint density at radius 1 is 0.871 bits per heavy atom. The molecule has 3 fully saturated rings. The van der Waals surface area contributed by atoms with Gasteiger partial charge in [0, 0.05) is 55.6 Å².